The third-order valence-corrected chi connectivity index (χ3v) is 11.4. The summed E-state index contributed by atoms with van der Waals surface area (Å²) in [7, 11) is -1.01. The summed E-state index contributed by atoms with van der Waals surface area (Å²) < 4.78 is 6.31. The lowest BCUT2D eigenvalue weighted by Crippen LogP contribution is -2.23. The van der Waals surface area contributed by atoms with Gasteiger partial charge in [0.1, 0.15) is 8.22 Å². The molecular weight excluding hydrogens is 583 g/mol. The molecule has 0 fully saturated rings. The summed E-state index contributed by atoms with van der Waals surface area (Å²) in [5.74, 6) is 0. The summed E-state index contributed by atoms with van der Waals surface area (Å²) >= 11 is 3.82. The third kappa shape index (κ3) is 3.66. The Kier molecular flexibility index (Phi) is 5.64. The fraction of sp³-hybridized carbons (Fsp3) is 0.0811. The molecule has 41 heavy (non-hydrogen) atoms. The second kappa shape index (κ2) is 9.31. The average molecular weight is 612 g/mol. The number of anilines is 4. The molecular formula is C37H28BrN2P. The zero-order valence-corrected chi connectivity index (χ0v) is 25.4. The standard InChI is InChI=1S/C37H28BrN2P/c1-37(2)30-18-9-8-17-29(30)36-31(37)19-11-21-34(36)40-33-23-22-26(38)24-35(33)39(41(40)27-14-4-3-5-15-27)32-20-10-13-25-12-6-7-16-28(25)32/h3-24H,1-2H3. The maximum Gasteiger partial charge on any atom is 0.138 e. The zero-order valence-electron chi connectivity index (χ0n) is 22.9. The van der Waals surface area contributed by atoms with E-state index in [1.807, 2.05) is 0 Å². The van der Waals surface area contributed by atoms with E-state index in [4.69, 9.17) is 0 Å². The smallest absolute Gasteiger partial charge is 0.138 e. The Morgan fingerprint density at radius 1 is 0.561 bits per heavy atom. The number of hydrogen-bond donors (Lipinski definition) is 0. The molecule has 1 aliphatic heterocycles. The average Bonchev–Trinajstić information content (AvgIpc) is 3.46. The molecule has 0 saturated heterocycles. The van der Waals surface area contributed by atoms with Crippen molar-refractivity contribution in [1.82, 2.24) is 0 Å². The van der Waals surface area contributed by atoms with Gasteiger partial charge in [-0.2, -0.15) is 0 Å². The minimum absolute atomic E-state index is 0.0605. The van der Waals surface area contributed by atoms with Gasteiger partial charge in [-0.25, -0.2) is 0 Å². The van der Waals surface area contributed by atoms with Crippen molar-refractivity contribution in [1.29, 1.82) is 0 Å². The van der Waals surface area contributed by atoms with Crippen molar-refractivity contribution >= 4 is 63.0 Å². The summed E-state index contributed by atoms with van der Waals surface area (Å²) in [6.07, 6.45) is 0. The van der Waals surface area contributed by atoms with Crippen LogP contribution in [-0.2, 0) is 5.41 Å². The van der Waals surface area contributed by atoms with Crippen molar-refractivity contribution in [2.75, 3.05) is 9.34 Å². The van der Waals surface area contributed by atoms with Crippen molar-refractivity contribution in [2.24, 2.45) is 0 Å². The molecule has 2 nitrogen and oxygen atoms in total. The quantitative estimate of drug-likeness (QED) is 0.184. The van der Waals surface area contributed by atoms with Crippen LogP contribution in [0.15, 0.2) is 138 Å². The van der Waals surface area contributed by atoms with Crippen LogP contribution in [0.2, 0.25) is 0 Å². The fourth-order valence-corrected chi connectivity index (χ4v) is 9.61. The van der Waals surface area contributed by atoms with Gasteiger partial charge >= 0.3 is 0 Å². The van der Waals surface area contributed by atoms with E-state index in [0.717, 1.165) is 4.47 Å². The fourth-order valence-electron chi connectivity index (χ4n) is 6.70. The number of rotatable bonds is 3. The highest BCUT2D eigenvalue weighted by atomic mass is 79.9. The highest BCUT2D eigenvalue weighted by Gasteiger charge is 2.44. The van der Waals surface area contributed by atoms with Crippen LogP contribution in [0.25, 0.3) is 21.9 Å². The largest absolute Gasteiger partial charge is 0.296 e. The van der Waals surface area contributed by atoms with Gasteiger partial charge in [-0.05, 0) is 52.4 Å². The highest BCUT2D eigenvalue weighted by Crippen LogP contribution is 2.68. The molecule has 1 heterocycles. The van der Waals surface area contributed by atoms with E-state index in [-0.39, 0.29) is 5.41 Å². The van der Waals surface area contributed by atoms with Gasteiger partial charge in [0.2, 0.25) is 0 Å². The molecule has 6 aromatic rings. The zero-order chi connectivity index (χ0) is 27.7. The molecule has 0 radical (unpaired) electrons. The van der Waals surface area contributed by atoms with Gasteiger partial charge in [-0.15, -0.1) is 0 Å². The van der Waals surface area contributed by atoms with E-state index in [2.05, 4.69) is 173 Å². The molecule has 4 heteroatoms. The minimum Gasteiger partial charge on any atom is -0.296 e. The van der Waals surface area contributed by atoms with Crippen LogP contribution in [0.3, 0.4) is 0 Å². The van der Waals surface area contributed by atoms with Crippen molar-refractivity contribution in [2.45, 2.75) is 19.3 Å². The Labute approximate surface area is 250 Å². The van der Waals surface area contributed by atoms with Crippen LogP contribution in [0, 0.1) is 0 Å². The lowest BCUT2D eigenvalue weighted by molar-refractivity contribution is 0.660. The molecule has 6 aromatic carbocycles. The van der Waals surface area contributed by atoms with Gasteiger partial charge in [-0.1, -0.05) is 133 Å². The summed E-state index contributed by atoms with van der Waals surface area (Å²) in [6.45, 7) is 4.72. The first-order chi connectivity index (χ1) is 20.0. The molecule has 1 aliphatic carbocycles. The molecule has 0 saturated carbocycles. The molecule has 0 amide bonds. The molecule has 1 atom stereocenters. The molecule has 1 unspecified atom stereocenters. The molecule has 0 aromatic heterocycles. The molecule has 0 spiro atoms. The molecule has 0 bridgehead atoms. The van der Waals surface area contributed by atoms with Crippen molar-refractivity contribution in [3.05, 3.63) is 149 Å². The maximum atomic E-state index is 3.82. The van der Waals surface area contributed by atoms with Crippen molar-refractivity contribution < 1.29 is 0 Å². The number of hydrogen-bond acceptors (Lipinski definition) is 2. The van der Waals surface area contributed by atoms with Crippen LogP contribution >= 0.6 is 24.2 Å². The van der Waals surface area contributed by atoms with E-state index < -0.39 is 8.22 Å². The Balaban J connectivity index is 1.46. The number of halogens is 1. The van der Waals surface area contributed by atoms with Gasteiger partial charge in [-0.3, -0.25) is 9.34 Å². The number of nitrogens with zero attached hydrogens (tertiary/aromatic N) is 2. The van der Waals surface area contributed by atoms with Crippen LogP contribution in [0.5, 0.6) is 0 Å². The second-order valence-corrected chi connectivity index (χ2v) is 14.1. The SMILES string of the molecule is CC1(C)c2ccccc2-c2c(N3c4ccc(Br)cc4N(c4cccc5ccccc45)P3c3ccccc3)cccc21. The van der Waals surface area contributed by atoms with Crippen molar-refractivity contribution in [3.63, 3.8) is 0 Å². The van der Waals surface area contributed by atoms with Crippen LogP contribution in [0.1, 0.15) is 25.0 Å². The first-order valence-electron chi connectivity index (χ1n) is 14.0. The lowest BCUT2D eigenvalue weighted by atomic mass is 9.82. The van der Waals surface area contributed by atoms with Gasteiger partial charge in [0.25, 0.3) is 0 Å². The van der Waals surface area contributed by atoms with Crippen LogP contribution in [-0.4, -0.2) is 0 Å². The van der Waals surface area contributed by atoms with E-state index in [1.165, 1.54) is 61.1 Å². The monoisotopic (exact) mass is 610 g/mol. The maximum absolute atomic E-state index is 3.82. The minimum atomic E-state index is -1.01. The van der Waals surface area contributed by atoms with Gasteiger partial charge in [0.05, 0.1) is 22.7 Å². The summed E-state index contributed by atoms with van der Waals surface area (Å²) in [4.78, 5) is 0. The van der Waals surface area contributed by atoms with Gasteiger partial charge in [0, 0.05) is 26.1 Å². The summed E-state index contributed by atoms with van der Waals surface area (Å²) in [5, 5.41) is 3.82. The van der Waals surface area contributed by atoms with Gasteiger partial charge in [0.15, 0.2) is 0 Å². The molecule has 2 aliphatic rings. The van der Waals surface area contributed by atoms with Crippen molar-refractivity contribution in [3.8, 4) is 11.1 Å². The van der Waals surface area contributed by atoms with Crippen LogP contribution in [0.4, 0.5) is 22.7 Å². The topological polar surface area (TPSA) is 6.48 Å². The Bertz CT molecular complexity index is 1960. The predicted octanol–water partition coefficient (Wildman–Crippen LogP) is 10.8. The van der Waals surface area contributed by atoms with Crippen LogP contribution < -0.4 is 14.6 Å². The molecule has 0 N–H and O–H groups in total. The van der Waals surface area contributed by atoms with E-state index in [0.29, 0.717) is 0 Å². The van der Waals surface area contributed by atoms with E-state index in [1.54, 1.807) is 0 Å². The number of benzene rings is 6. The molecule has 198 valence electrons. The third-order valence-electron chi connectivity index (χ3n) is 8.57. The highest BCUT2D eigenvalue weighted by molar-refractivity contribution is 9.10. The first-order valence-corrected chi connectivity index (χ1v) is 16.0. The Morgan fingerprint density at radius 2 is 1.22 bits per heavy atom. The Hall–Kier alpha value is -3.91. The first kappa shape index (κ1) is 24.9. The lowest BCUT2D eigenvalue weighted by Gasteiger charge is -2.34. The van der Waals surface area contributed by atoms with Gasteiger partial charge < -0.3 is 0 Å². The number of fused-ring (bicyclic) bond motifs is 5. The Morgan fingerprint density at radius 3 is 2.10 bits per heavy atom. The molecule has 8 rings (SSSR count). The van der Waals surface area contributed by atoms with E-state index >= 15 is 0 Å². The predicted molar refractivity (Wildman–Crippen MR) is 179 cm³/mol. The summed E-state index contributed by atoms with van der Waals surface area (Å²) in [6, 6.07) is 49.1. The van der Waals surface area contributed by atoms with E-state index in [9.17, 15) is 0 Å². The normalized spacial score (nSPS) is 16.5. The summed E-state index contributed by atoms with van der Waals surface area (Å²) in [5.41, 5.74) is 10.4. The second-order valence-electron chi connectivity index (χ2n) is 11.3.